The van der Waals surface area contributed by atoms with Gasteiger partial charge in [0.15, 0.2) is 0 Å². The van der Waals surface area contributed by atoms with E-state index in [2.05, 4.69) is 33.4 Å². The monoisotopic (exact) mass is 348 g/mol. The molecule has 1 unspecified atom stereocenters. The molecule has 0 fully saturated rings. The van der Waals surface area contributed by atoms with Gasteiger partial charge in [-0.25, -0.2) is 0 Å². The molecule has 2 rings (SSSR count). The zero-order valence-corrected chi connectivity index (χ0v) is 13.3. The molecule has 4 nitrogen and oxygen atoms in total. The molecule has 0 aliphatic heterocycles. The molecule has 21 heavy (non-hydrogen) atoms. The van der Waals surface area contributed by atoms with Gasteiger partial charge in [-0.05, 0) is 46.9 Å². The zero-order valence-electron chi connectivity index (χ0n) is 11.8. The average Bonchev–Trinajstić information content (AvgIpc) is 2.50. The third-order valence-electron chi connectivity index (χ3n) is 3.51. The normalized spacial score (nSPS) is 12.1. The Balaban J connectivity index is 2.12. The summed E-state index contributed by atoms with van der Waals surface area (Å²) in [5, 5.41) is 14.2. The van der Waals surface area contributed by atoms with Gasteiger partial charge in [-0.1, -0.05) is 42.5 Å². The van der Waals surface area contributed by atoms with Gasteiger partial charge >= 0.3 is 0 Å². The van der Waals surface area contributed by atoms with E-state index >= 15 is 0 Å². The number of aryl methyl sites for hydroxylation is 1. The maximum Gasteiger partial charge on any atom is 0.283 e. The molecule has 0 bridgehead atoms. The molecule has 0 aliphatic rings. The van der Waals surface area contributed by atoms with Crippen LogP contribution < -0.4 is 5.32 Å². The lowest BCUT2D eigenvalue weighted by molar-refractivity contribution is -0.385. The van der Waals surface area contributed by atoms with Crippen molar-refractivity contribution < 1.29 is 4.92 Å². The fourth-order valence-corrected chi connectivity index (χ4v) is 2.97. The predicted molar refractivity (Wildman–Crippen MR) is 87.4 cm³/mol. The van der Waals surface area contributed by atoms with E-state index in [-0.39, 0.29) is 16.7 Å². The fourth-order valence-electron chi connectivity index (χ4n) is 2.36. The summed E-state index contributed by atoms with van der Waals surface area (Å²) in [5.74, 6) is 0. The van der Waals surface area contributed by atoms with Gasteiger partial charge in [-0.2, -0.15) is 0 Å². The van der Waals surface area contributed by atoms with Crippen molar-refractivity contribution in [2.45, 2.75) is 18.9 Å². The van der Waals surface area contributed by atoms with Crippen molar-refractivity contribution in [1.29, 1.82) is 0 Å². The van der Waals surface area contributed by atoms with E-state index in [1.54, 1.807) is 6.07 Å². The van der Waals surface area contributed by atoms with E-state index < -0.39 is 0 Å². The molecule has 1 atom stereocenters. The van der Waals surface area contributed by atoms with Crippen LogP contribution in [0.1, 0.15) is 23.6 Å². The number of rotatable bonds is 6. The van der Waals surface area contributed by atoms with E-state index in [9.17, 15) is 10.1 Å². The third kappa shape index (κ3) is 3.89. The molecule has 0 saturated carbocycles. The van der Waals surface area contributed by atoms with Gasteiger partial charge < -0.3 is 5.32 Å². The van der Waals surface area contributed by atoms with Crippen LogP contribution in [0.4, 0.5) is 5.69 Å². The lowest BCUT2D eigenvalue weighted by atomic mass is 9.99. The topological polar surface area (TPSA) is 55.2 Å². The molecular formula is C16H17BrN2O2. The lowest BCUT2D eigenvalue weighted by Crippen LogP contribution is -2.17. The van der Waals surface area contributed by atoms with Gasteiger partial charge in [0.05, 0.1) is 9.40 Å². The first-order valence-corrected chi connectivity index (χ1v) is 7.56. The summed E-state index contributed by atoms with van der Waals surface area (Å²) in [4.78, 5) is 10.6. The van der Waals surface area contributed by atoms with Crippen molar-refractivity contribution in [3.05, 3.63) is 74.2 Å². The molecule has 0 saturated heterocycles. The number of nitrogens with zero attached hydrogens (tertiary/aromatic N) is 1. The Hall–Kier alpha value is -1.72. The van der Waals surface area contributed by atoms with Crippen LogP contribution in [0.15, 0.2) is 53.0 Å². The van der Waals surface area contributed by atoms with Crippen molar-refractivity contribution >= 4 is 21.6 Å². The highest BCUT2D eigenvalue weighted by Crippen LogP contribution is 2.30. The summed E-state index contributed by atoms with van der Waals surface area (Å²) in [6.45, 7) is 0. The first-order valence-electron chi connectivity index (χ1n) is 6.77. The van der Waals surface area contributed by atoms with Gasteiger partial charge in [-0.3, -0.25) is 10.1 Å². The second kappa shape index (κ2) is 7.33. The predicted octanol–water partition coefficient (Wildman–Crippen LogP) is 4.25. The summed E-state index contributed by atoms with van der Waals surface area (Å²) >= 11 is 3.35. The summed E-state index contributed by atoms with van der Waals surface area (Å²) in [5.41, 5.74) is 2.30. The first-order chi connectivity index (χ1) is 10.1. The van der Waals surface area contributed by atoms with E-state index in [1.165, 1.54) is 11.6 Å². The van der Waals surface area contributed by atoms with Crippen molar-refractivity contribution in [2.75, 3.05) is 7.05 Å². The van der Waals surface area contributed by atoms with E-state index in [0.717, 1.165) is 18.4 Å². The highest BCUT2D eigenvalue weighted by atomic mass is 79.9. The van der Waals surface area contributed by atoms with Crippen LogP contribution in [0.2, 0.25) is 0 Å². The molecule has 0 heterocycles. The minimum absolute atomic E-state index is 0.119. The molecule has 5 heteroatoms. The third-order valence-corrected chi connectivity index (χ3v) is 4.42. The van der Waals surface area contributed by atoms with Gasteiger partial charge in [-0.15, -0.1) is 0 Å². The van der Waals surface area contributed by atoms with E-state index in [4.69, 9.17) is 0 Å². The molecule has 0 amide bonds. The van der Waals surface area contributed by atoms with Crippen LogP contribution in [0, 0.1) is 10.1 Å². The van der Waals surface area contributed by atoms with Gasteiger partial charge in [0.25, 0.3) is 5.69 Å². The molecule has 0 aromatic heterocycles. The molecule has 0 aliphatic carbocycles. The zero-order chi connectivity index (χ0) is 15.2. The highest BCUT2D eigenvalue weighted by Gasteiger charge is 2.16. The van der Waals surface area contributed by atoms with E-state index in [0.29, 0.717) is 4.47 Å². The Morgan fingerprint density at radius 3 is 2.52 bits per heavy atom. The van der Waals surface area contributed by atoms with Crippen molar-refractivity contribution in [1.82, 2.24) is 5.32 Å². The van der Waals surface area contributed by atoms with Crippen molar-refractivity contribution in [3.63, 3.8) is 0 Å². The van der Waals surface area contributed by atoms with Crippen LogP contribution >= 0.6 is 15.9 Å². The number of benzene rings is 2. The Bertz CT molecular complexity index is 617. The maximum absolute atomic E-state index is 11.0. The number of nitro groups is 1. The molecular weight excluding hydrogens is 332 g/mol. The SMILES string of the molecule is CNC(CCc1cccc([N+](=O)[O-])c1Br)c1ccccc1. The number of hydrogen-bond acceptors (Lipinski definition) is 3. The lowest BCUT2D eigenvalue weighted by Gasteiger charge is -2.17. The van der Waals surface area contributed by atoms with Gasteiger partial charge in [0.1, 0.15) is 0 Å². The van der Waals surface area contributed by atoms with Crippen molar-refractivity contribution in [2.24, 2.45) is 0 Å². The number of halogens is 1. The quantitative estimate of drug-likeness (QED) is 0.627. The fraction of sp³-hybridized carbons (Fsp3) is 0.250. The largest absolute Gasteiger partial charge is 0.313 e. The Morgan fingerprint density at radius 1 is 1.19 bits per heavy atom. The van der Waals surface area contributed by atoms with Gasteiger partial charge in [0, 0.05) is 12.1 Å². The number of nitrogens with one attached hydrogen (secondary N) is 1. The average molecular weight is 349 g/mol. The summed E-state index contributed by atoms with van der Waals surface area (Å²) in [7, 11) is 1.93. The standard InChI is InChI=1S/C16H17BrN2O2/c1-18-14(12-6-3-2-4-7-12)11-10-13-8-5-9-15(16(13)17)19(20)21/h2-9,14,18H,10-11H2,1H3. The van der Waals surface area contributed by atoms with Crippen LogP contribution in [0.25, 0.3) is 0 Å². The van der Waals surface area contributed by atoms with Crippen LogP contribution in [0.3, 0.4) is 0 Å². The second-order valence-electron chi connectivity index (χ2n) is 4.80. The van der Waals surface area contributed by atoms with Crippen molar-refractivity contribution in [3.8, 4) is 0 Å². The molecule has 0 spiro atoms. The maximum atomic E-state index is 11.0. The molecule has 110 valence electrons. The van der Waals surface area contributed by atoms with E-state index in [1.807, 2.05) is 31.3 Å². The number of nitro benzene ring substituents is 1. The minimum Gasteiger partial charge on any atom is -0.313 e. The molecule has 2 aromatic rings. The molecule has 0 radical (unpaired) electrons. The Labute approximate surface area is 132 Å². The first kappa shape index (κ1) is 15.7. The molecule has 2 aromatic carbocycles. The Morgan fingerprint density at radius 2 is 1.90 bits per heavy atom. The second-order valence-corrected chi connectivity index (χ2v) is 5.59. The minimum atomic E-state index is -0.361. The molecule has 1 N–H and O–H groups in total. The van der Waals surface area contributed by atoms with Gasteiger partial charge in [0.2, 0.25) is 0 Å². The summed E-state index contributed by atoms with van der Waals surface area (Å²) in [6.07, 6.45) is 1.64. The Kier molecular flexibility index (Phi) is 5.47. The smallest absolute Gasteiger partial charge is 0.283 e. The summed E-state index contributed by atoms with van der Waals surface area (Å²) in [6, 6.07) is 15.6. The van der Waals surface area contributed by atoms with Crippen LogP contribution in [-0.4, -0.2) is 12.0 Å². The van der Waals surface area contributed by atoms with Crippen LogP contribution in [0.5, 0.6) is 0 Å². The number of hydrogen-bond donors (Lipinski definition) is 1. The van der Waals surface area contributed by atoms with Crippen LogP contribution in [-0.2, 0) is 6.42 Å². The highest BCUT2D eigenvalue weighted by molar-refractivity contribution is 9.10. The summed E-state index contributed by atoms with van der Waals surface area (Å²) < 4.78 is 0.581.